The fourth-order valence-corrected chi connectivity index (χ4v) is 3.26. The van der Waals surface area contributed by atoms with Crippen molar-refractivity contribution in [2.24, 2.45) is 16.5 Å². The molecule has 1 amide bonds. The number of ether oxygens (including phenoxy) is 2. The van der Waals surface area contributed by atoms with Crippen LogP contribution in [-0.2, 0) is 16.3 Å². The van der Waals surface area contributed by atoms with Crippen molar-refractivity contribution in [1.82, 2.24) is 0 Å². The van der Waals surface area contributed by atoms with E-state index in [1.54, 1.807) is 24.3 Å². The lowest BCUT2D eigenvalue weighted by Crippen LogP contribution is -2.24. The minimum absolute atomic E-state index is 0.0834. The standard InChI is InChI=1S/C18H21N3O5S/c1-4-11-9-15(26-14-8-6-5-7-13(14)25-2)16(27(3,23)24)10-12(11)17(22)21-18(19)20/h5-10H,4H2,1-3H3,(H4,19,20,21,22). The first-order valence-electron chi connectivity index (χ1n) is 7.99. The molecule has 2 rings (SSSR count). The van der Waals surface area contributed by atoms with Crippen molar-refractivity contribution in [1.29, 1.82) is 0 Å². The van der Waals surface area contributed by atoms with E-state index in [9.17, 15) is 13.2 Å². The normalized spacial score (nSPS) is 10.9. The number of para-hydroxylation sites is 2. The van der Waals surface area contributed by atoms with Crippen LogP contribution in [-0.4, -0.2) is 33.7 Å². The molecule has 0 atom stereocenters. The van der Waals surface area contributed by atoms with Crippen LogP contribution in [0.2, 0.25) is 0 Å². The summed E-state index contributed by atoms with van der Waals surface area (Å²) in [6.45, 7) is 1.81. The molecule has 0 heterocycles. The second-order valence-corrected chi connectivity index (χ2v) is 7.66. The minimum Gasteiger partial charge on any atom is -0.493 e. The quantitative estimate of drug-likeness (QED) is 0.567. The molecule has 144 valence electrons. The molecule has 0 aromatic heterocycles. The first-order valence-corrected chi connectivity index (χ1v) is 9.88. The molecular formula is C18H21N3O5S. The van der Waals surface area contributed by atoms with Crippen molar-refractivity contribution in [2.45, 2.75) is 18.2 Å². The Morgan fingerprint density at radius 1 is 1.11 bits per heavy atom. The Hall–Kier alpha value is -3.07. The molecule has 0 saturated heterocycles. The molecule has 8 nitrogen and oxygen atoms in total. The Labute approximate surface area is 157 Å². The Kier molecular flexibility index (Phi) is 6.06. The number of guanidine groups is 1. The summed E-state index contributed by atoms with van der Waals surface area (Å²) < 4.78 is 35.6. The summed E-state index contributed by atoms with van der Waals surface area (Å²) in [6.07, 6.45) is 1.46. The molecule has 27 heavy (non-hydrogen) atoms. The lowest BCUT2D eigenvalue weighted by Gasteiger charge is -2.15. The van der Waals surface area contributed by atoms with Gasteiger partial charge in [0.05, 0.1) is 7.11 Å². The molecule has 2 aromatic carbocycles. The maximum Gasteiger partial charge on any atom is 0.280 e. The van der Waals surface area contributed by atoms with Crippen molar-refractivity contribution in [2.75, 3.05) is 13.4 Å². The van der Waals surface area contributed by atoms with Gasteiger partial charge in [-0.2, -0.15) is 4.99 Å². The largest absolute Gasteiger partial charge is 0.493 e. The van der Waals surface area contributed by atoms with Gasteiger partial charge in [-0.25, -0.2) is 8.42 Å². The van der Waals surface area contributed by atoms with E-state index < -0.39 is 21.7 Å². The third kappa shape index (κ3) is 4.76. The number of nitrogens with two attached hydrogens (primary N) is 2. The number of aryl methyl sites for hydroxylation is 1. The van der Waals surface area contributed by atoms with Crippen LogP contribution in [0.25, 0.3) is 0 Å². The number of rotatable bonds is 6. The first kappa shape index (κ1) is 20.2. The third-order valence-corrected chi connectivity index (χ3v) is 4.82. The van der Waals surface area contributed by atoms with Crippen molar-refractivity contribution in [3.63, 3.8) is 0 Å². The second-order valence-electron chi connectivity index (χ2n) is 5.68. The molecule has 0 bridgehead atoms. The highest BCUT2D eigenvalue weighted by Gasteiger charge is 2.22. The van der Waals surface area contributed by atoms with Crippen LogP contribution < -0.4 is 20.9 Å². The lowest BCUT2D eigenvalue weighted by atomic mass is 10.0. The van der Waals surface area contributed by atoms with Gasteiger partial charge < -0.3 is 20.9 Å². The van der Waals surface area contributed by atoms with E-state index in [0.29, 0.717) is 23.5 Å². The fraction of sp³-hybridized carbons (Fsp3) is 0.222. The Morgan fingerprint density at radius 2 is 1.74 bits per heavy atom. The number of hydrogen-bond acceptors (Lipinski definition) is 5. The minimum atomic E-state index is -3.71. The first-order chi connectivity index (χ1) is 12.7. The Bertz CT molecular complexity index is 996. The van der Waals surface area contributed by atoms with Gasteiger partial charge in [0.1, 0.15) is 10.6 Å². The van der Waals surface area contributed by atoms with E-state index in [1.165, 1.54) is 19.2 Å². The number of amides is 1. The SMILES string of the molecule is CCc1cc(Oc2ccccc2OC)c(S(C)(=O)=O)cc1C(=O)N=C(N)N. The molecule has 0 radical (unpaired) electrons. The third-order valence-electron chi connectivity index (χ3n) is 3.70. The zero-order valence-corrected chi connectivity index (χ0v) is 16.0. The summed E-state index contributed by atoms with van der Waals surface area (Å²) in [5.74, 6) is -0.260. The zero-order chi connectivity index (χ0) is 20.2. The number of carbonyl (C=O) groups excluding carboxylic acids is 1. The summed E-state index contributed by atoms with van der Waals surface area (Å²) >= 11 is 0. The van der Waals surface area contributed by atoms with Crippen molar-refractivity contribution < 1.29 is 22.7 Å². The summed E-state index contributed by atoms with van der Waals surface area (Å²) in [5, 5.41) is 0. The molecule has 0 aliphatic heterocycles. The maximum atomic E-state index is 12.3. The van der Waals surface area contributed by atoms with Crippen molar-refractivity contribution >= 4 is 21.7 Å². The summed E-state index contributed by atoms with van der Waals surface area (Å²) in [4.78, 5) is 15.6. The van der Waals surface area contributed by atoms with Gasteiger partial charge in [0.2, 0.25) is 0 Å². The average molecular weight is 391 g/mol. The van der Waals surface area contributed by atoms with Gasteiger partial charge in [-0.3, -0.25) is 4.79 Å². The van der Waals surface area contributed by atoms with Crippen molar-refractivity contribution in [3.8, 4) is 17.2 Å². The molecule has 4 N–H and O–H groups in total. The molecule has 0 aliphatic rings. The highest BCUT2D eigenvalue weighted by Crippen LogP contribution is 2.36. The van der Waals surface area contributed by atoms with Gasteiger partial charge in [0.25, 0.3) is 5.91 Å². The van der Waals surface area contributed by atoms with Crippen LogP contribution in [0.3, 0.4) is 0 Å². The Morgan fingerprint density at radius 3 is 2.26 bits per heavy atom. The van der Waals surface area contributed by atoms with E-state index >= 15 is 0 Å². The van der Waals surface area contributed by atoms with E-state index in [1.807, 2.05) is 6.92 Å². The van der Waals surface area contributed by atoms with E-state index in [2.05, 4.69) is 4.99 Å². The number of benzene rings is 2. The number of sulfone groups is 1. The molecule has 0 aliphatic carbocycles. The summed E-state index contributed by atoms with van der Waals surface area (Å²) in [5.41, 5.74) is 11.2. The number of carbonyl (C=O) groups is 1. The van der Waals surface area contributed by atoms with Crippen LogP contribution in [0.15, 0.2) is 46.3 Å². The highest BCUT2D eigenvalue weighted by molar-refractivity contribution is 7.90. The van der Waals surface area contributed by atoms with Gasteiger partial charge in [0, 0.05) is 11.8 Å². The van der Waals surface area contributed by atoms with Gasteiger partial charge in [-0.05, 0) is 36.2 Å². The van der Waals surface area contributed by atoms with Crippen LogP contribution in [0.5, 0.6) is 17.2 Å². The predicted octanol–water partition coefficient (Wildman–Crippen LogP) is 1.87. The number of methoxy groups -OCH3 is 1. The Balaban J connectivity index is 2.67. The molecular weight excluding hydrogens is 370 g/mol. The number of hydrogen-bond donors (Lipinski definition) is 2. The van der Waals surface area contributed by atoms with Gasteiger partial charge in [-0.15, -0.1) is 0 Å². The zero-order valence-electron chi connectivity index (χ0n) is 15.2. The number of nitrogens with zero attached hydrogens (tertiary/aromatic N) is 1. The van der Waals surface area contributed by atoms with Crippen molar-refractivity contribution in [3.05, 3.63) is 47.5 Å². The van der Waals surface area contributed by atoms with E-state index in [4.69, 9.17) is 20.9 Å². The van der Waals surface area contributed by atoms with Crippen LogP contribution in [0.4, 0.5) is 0 Å². The van der Waals surface area contributed by atoms with Crippen LogP contribution in [0.1, 0.15) is 22.8 Å². The second kappa shape index (κ2) is 8.09. The predicted molar refractivity (Wildman–Crippen MR) is 102 cm³/mol. The molecule has 9 heteroatoms. The average Bonchev–Trinajstić information content (AvgIpc) is 2.60. The molecule has 0 spiro atoms. The number of aliphatic imine (C=N–C) groups is 1. The molecule has 0 fully saturated rings. The molecule has 0 unspecified atom stereocenters. The highest BCUT2D eigenvalue weighted by atomic mass is 32.2. The van der Waals surface area contributed by atoms with E-state index in [-0.39, 0.29) is 16.2 Å². The fourth-order valence-electron chi connectivity index (χ4n) is 2.46. The smallest absolute Gasteiger partial charge is 0.280 e. The maximum absolute atomic E-state index is 12.3. The monoisotopic (exact) mass is 391 g/mol. The summed E-state index contributed by atoms with van der Waals surface area (Å²) in [6, 6.07) is 9.56. The lowest BCUT2D eigenvalue weighted by molar-refractivity contribution is 0.100. The topological polar surface area (TPSA) is 134 Å². The van der Waals surface area contributed by atoms with E-state index in [0.717, 1.165) is 6.26 Å². The van der Waals surface area contributed by atoms with Gasteiger partial charge in [0.15, 0.2) is 27.3 Å². The molecule has 0 saturated carbocycles. The van der Waals surface area contributed by atoms with Gasteiger partial charge in [-0.1, -0.05) is 19.1 Å². The van der Waals surface area contributed by atoms with Crippen LogP contribution in [0, 0.1) is 0 Å². The molecule has 2 aromatic rings. The van der Waals surface area contributed by atoms with Gasteiger partial charge >= 0.3 is 0 Å². The summed E-state index contributed by atoms with van der Waals surface area (Å²) in [7, 11) is -2.23. The van der Waals surface area contributed by atoms with Crippen LogP contribution >= 0.6 is 0 Å².